The summed E-state index contributed by atoms with van der Waals surface area (Å²) >= 11 is 3.64. The van der Waals surface area contributed by atoms with Crippen molar-refractivity contribution in [2.45, 2.75) is 52.5 Å². The molecule has 1 aromatic rings. The first-order chi connectivity index (χ1) is 9.38. The van der Waals surface area contributed by atoms with Gasteiger partial charge in [0.15, 0.2) is 0 Å². The van der Waals surface area contributed by atoms with Gasteiger partial charge in [-0.15, -0.1) is 0 Å². The van der Waals surface area contributed by atoms with Crippen molar-refractivity contribution in [1.82, 2.24) is 0 Å². The first kappa shape index (κ1) is 15.8. The van der Waals surface area contributed by atoms with Crippen LogP contribution in [0.5, 0.6) is 0 Å². The lowest BCUT2D eigenvalue weighted by atomic mass is 9.70. The van der Waals surface area contributed by atoms with Gasteiger partial charge in [-0.25, -0.2) is 0 Å². The van der Waals surface area contributed by atoms with E-state index in [9.17, 15) is 0 Å². The van der Waals surface area contributed by atoms with Crippen LogP contribution in [-0.2, 0) is 0 Å². The SMILES string of the molecule is Cc1cc(NC2(CN)CCC(C)CC2C)cc(C)c1Br. The minimum absolute atomic E-state index is 0.0548. The molecule has 0 aliphatic heterocycles. The maximum atomic E-state index is 6.16. The third-order valence-electron chi connectivity index (χ3n) is 4.98. The van der Waals surface area contributed by atoms with E-state index in [0.717, 1.165) is 5.92 Å². The minimum atomic E-state index is 0.0548. The van der Waals surface area contributed by atoms with Crippen molar-refractivity contribution < 1.29 is 0 Å². The lowest BCUT2D eigenvalue weighted by Gasteiger charge is -2.45. The Balaban J connectivity index is 2.26. The number of benzene rings is 1. The number of aryl methyl sites for hydroxylation is 2. The Morgan fingerprint density at radius 1 is 1.30 bits per heavy atom. The molecular weight excluding hydrogens is 312 g/mol. The van der Waals surface area contributed by atoms with Gasteiger partial charge in [-0.1, -0.05) is 29.8 Å². The lowest BCUT2D eigenvalue weighted by molar-refractivity contribution is 0.189. The summed E-state index contributed by atoms with van der Waals surface area (Å²) in [5, 5.41) is 3.78. The molecule has 1 fully saturated rings. The van der Waals surface area contributed by atoms with E-state index in [-0.39, 0.29) is 5.54 Å². The van der Waals surface area contributed by atoms with Crippen molar-refractivity contribution in [3.63, 3.8) is 0 Å². The molecular formula is C17H27BrN2. The molecule has 0 saturated heterocycles. The molecule has 3 heteroatoms. The maximum Gasteiger partial charge on any atom is 0.0521 e. The molecule has 0 spiro atoms. The summed E-state index contributed by atoms with van der Waals surface area (Å²) in [5.74, 6) is 1.43. The Labute approximate surface area is 131 Å². The van der Waals surface area contributed by atoms with Gasteiger partial charge in [0.1, 0.15) is 0 Å². The summed E-state index contributed by atoms with van der Waals surface area (Å²) in [7, 11) is 0. The van der Waals surface area contributed by atoms with Crippen molar-refractivity contribution in [2.24, 2.45) is 17.6 Å². The zero-order chi connectivity index (χ0) is 14.9. The predicted molar refractivity (Wildman–Crippen MR) is 91.2 cm³/mol. The van der Waals surface area contributed by atoms with E-state index in [4.69, 9.17) is 5.73 Å². The van der Waals surface area contributed by atoms with E-state index >= 15 is 0 Å². The van der Waals surface area contributed by atoms with E-state index in [1.54, 1.807) is 0 Å². The van der Waals surface area contributed by atoms with E-state index in [0.29, 0.717) is 12.5 Å². The van der Waals surface area contributed by atoms with E-state index in [1.165, 1.54) is 40.5 Å². The highest BCUT2D eigenvalue weighted by Crippen LogP contribution is 2.39. The summed E-state index contributed by atoms with van der Waals surface area (Å²) in [6, 6.07) is 4.44. The standard InChI is InChI=1S/C17H27BrN2/c1-11-5-6-17(10-19,14(4)7-11)20-15-8-12(2)16(18)13(3)9-15/h8-9,11,14,20H,5-7,10,19H2,1-4H3. The molecule has 112 valence electrons. The van der Waals surface area contributed by atoms with E-state index < -0.39 is 0 Å². The molecule has 2 nitrogen and oxygen atoms in total. The minimum Gasteiger partial charge on any atom is -0.378 e. The summed E-state index contributed by atoms with van der Waals surface area (Å²) in [6.45, 7) is 9.68. The molecule has 3 atom stereocenters. The number of hydrogen-bond acceptors (Lipinski definition) is 2. The second-order valence-electron chi connectivity index (χ2n) is 6.69. The van der Waals surface area contributed by atoms with Gasteiger partial charge in [0.05, 0.1) is 5.54 Å². The van der Waals surface area contributed by atoms with Gasteiger partial charge in [-0.2, -0.15) is 0 Å². The fraction of sp³-hybridized carbons (Fsp3) is 0.647. The number of nitrogens with two attached hydrogens (primary N) is 1. The van der Waals surface area contributed by atoms with E-state index in [2.05, 4.69) is 61.1 Å². The molecule has 0 radical (unpaired) electrons. The largest absolute Gasteiger partial charge is 0.378 e. The second kappa shape index (κ2) is 6.07. The summed E-state index contributed by atoms with van der Waals surface area (Å²) in [5.41, 5.74) is 9.96. The summed E-state index contributed by atoms with van der Waals surface area (Å²) in [4.78, 5) is 0. The molecule has 1 aromatic carbocycles. The smallest absolute Gasteiger partial charge is 0.0521 e. The quantitative estimate of drug-likeness (QED) is 0.842. The van der Waals surface area contributed by atoms with Crippen molar-refractivity contribution in [3.05, 3.63) is 27.7 Å². The van der Waals surface area contributed by atoms with Gasteiger partial charge in [0, 0.05) is 16.7 Å². The number of anilines is 1. The van der Waals surface area contributed by atoms with Crippen molar-refractivity contribution in [3.8, 4) is 0 Å². The van der Waals surface area contributed by atoms with Crippen LogP contribution in [-0.4, -0.2) is 12.1 Å². The molecule has 3 unspecified atom stereocenters. The van der Waals surface area contributed by atoms with Gasteiger partial charge >= 0.3 is 0 Å². The molecule has 1 aliphatic rings. The van der Waals surface area contributed by atoms with Gasteiger partial charge in [-0.05, 0) is 68.2 Å². The third-order valence-corrected chi connectivity index (χ3v) is 6.23. The Morgan fingerprint density at radius 3 is 2.40 bits per heavy atom. The molecule has 0 heterocycles. The van der Waals surface area contributed by atoms with Crippen LogP contribution in [0.25, 0.3) is 0 Å². The zero-order valence-electron chi connectivity index (χ0n) is 13.1. The molecule has 1 saturated carbocycles. The first-order valence-electron chi connectivity index (χ1n) is 7.63. The number of hydrogen-bond donors (Lipinski definition) is 2. The van der Waals surface area contributed by atoms with Crippen LogP contribution in [0.2, 0.25) is 0 Å². The summed E-state index contributed by atoms with van der Waals surface area (Å²) in [6.07, 6.45) is 3.70. The van der Waals surface area contributed by atoms with Crippen molar-refractivity contribution >= 4 is 21.6 Å². The molecule has 1 aliphatic carbocycles. The van der Waals surface area contributed by atoms with Crippen LogP contribution >= 0.6 is 15.9 Å². The Bertz CT molecular complexity index is 463. The molecule has 0 aromatic heterocycles. The van der Waals surface area contributed by atoms with Gasteiger partial charge in [-0.3, -0.25) is 0 Å². The number of rotatable bonds is 3. The Kier molecular flexibility index (Phi) is 4.80. The average molecular weight is 339 g/mol. The number of nitrogens with one attached hydrogen (secondary N) is 1. The normalized spacial score (nSPS) is 30.3. The van der Waals surface area contributed by atoms with Gasteiger partial charge < -0.3 is 11.1 Å². The highest BCUT2D eigenvalue weighted by Gasteiger charge is 2.39. The maximum absolute atomic E-state index is 6.16. The van der Waals surface area contributed by atoms with Crippen molar-refractivity contribution in [2.75, 3.05) is 11.9 Å². The van der Waals surface area contributed by atoms with Crippen molar-refractivity contribution in [1.29, 1.82) is 0 Å². The molecule has 2 rings (SSSR count). The molecule has 0 bridgehead atoms. The average Bonchev–Trinajstić information content (AvgIpc) is 2.39. The monoisotopic (exact) mass is 338 g/mol. The summed E-state index contributed by atoms with van der Waals surface area (Å²) < 4.78 is 1.20. The third kappa shape index (κ3) is 3.04. The van der Waals surface area contributed by atoms with Crippen LogP contribution in [0, 0.1) is 25.7 Å². The molecule has 0 amide bonds. The van der Waals surface area contributed by atoms with Crippen LogP contribution < -0.4 is 11.1 Å². The first-order valence-corrected chi connectivity index (χ1v) is 8.42. The predicted octanol–water partition coefficient (Wildman–Crippen LogP) is 4.63. The molecule has 20 heavy (non-hydrogen) atoms. The second-order valence-corrected chi connectivity index (χ2v) is 7.48. The Morgan fingerprint density at radius 2 is 1.90 bits per heavy atom. The Hall–Kier alpha value is -0.540. The zero-order valence-corrected chi connectivity index (χ0v) is 14.7. The van der Waals surface area contributed by atoms with Gasteiger partial charge in [0.2, 0.25) is 0 Å². The molecule has 3 N–H and O–H groups in total. The van der Waals surface area contributed by atoms with Crippen LogP contribution in [0.1, 0.15) is 44.2 Å². The van der Waals surface area contributed by atoms with Gasteiger partial charge in [0.25, 0.3) is 0 Å². The van der Waals surface area contributed by atoms with E-state index in [1.807, 2.05) is 0 Å². The highest BCUT2D eigenvalue weighted by molar-refractivity contribution is 9.10. The van der Waals surface area contributed by atoms with Crippen LogP contribution in [0.15, 0.2) is 16.6 Å². The van der Waals surface area contributed by atoms with Crippen LogP contribution in [0.3, 0.4) is 0 Å². The fourth-order valence-corrected chi connectivity index (χ4v) is 3.77. The lowest BCUT2D eigenvalue weighted by Crippen LogP contribution is -2.53. The van der Waals surface area contributed by atoms with Crippen LogP contribution in [0.4, 0.5) is 5.69 Å². The fourth-order valence-electron chi connectivity index (χ4n) is 3.54. The highest BCUT2D eigenvalue weighted by atomic mass is 79.9. The topological polar surface area (TPSA) is 38.0 Å². The number of halogens is 1.